The Balaban J connectivity index is 2.23. The first kappa shape index (κ1) is 19.2. The zero-order valence-corrected chi connectivity index (χ0v) is 14.6. The Labute approximate surface area is 139 Å². The fourth-order valence-corrected chi connectivity index (χ4v) is 2.22. The molecule has 0 aliphatic rings. The highest BCUT2D eigenvalue weighted by Crippen LogP contribution is 2.06. The Hall–Kier alpha value is -1.84. The number of rotatable bonds is 10. The molecule has 0 saturated heterocycles. The third-order valence-corrected chi connectivity index (χ3v) is 3.76. The van der Waals surface area contributed by atoms with Crippen LogP contribution in [0.2, 0.25) is 0 Å². The molecular formula is C19H29NO3. The van der Waals surface area contributed by atoms with Crippen molar-refractivity contribution in [1.29, 1.82) is 0 Å². The van der Waals surface area contributed by atoms with Gasteiger partial charge >= 0.3 is 5.97 Å². The number of carbonyl (C=O) groups excluding carboxylic acids is 2. The lowest BCUT2D eigenvalue weighted by Crippen LogP contribution is -2.39. The summed E-state index contributed by atoms with van der Waals surface area (Å²) in [5, 5.41) is 2.67. The second-order valence-electron chi connectivity index (χ2n) is 6.00. The predicted octanol–water partition coefficient (Wildman–Crippen LogP) is 4.02. The zero-order valence-electron chi connectivity index (χ0n) is 14.6. The van der Waals surface area contributed by atoms with Crippen molar-refractivity contribution >= 4 is 11.9 Å². The third-order valence-electron chi connectivity index (χ3n) is 3.76. The number of hydrogen-bond donors (Lipinski definition) is 1. The molecular weight excluding hydrogens is 290 g/mol. The highest BCUT2D eigenvalue weighted by atomic mass is 16.5. The van der Waals surface area contributed by atoms with Crippen molar-refractivity contribution in [2.45, 2.75) is 65.3 Å². The number of benzene rings is 1. The highest BCUT2D eigenvalue weighted by Gasteiger charge is 2.17. The topological polar surface area (TPSA) is 55.4 Å². The van der Waals surface area contributed by atoms with Gasteiger partial charge in [-0.05, 0) is 32.4 Å². The summed E-state index contributed by atoms with van der Waals surface area (Å²) in [4.78, 5) is 23.9. The van der Waals surface area contributed by atoms with E-state index in [-0.39, 0.29) is 11.9 Å². The number of esters is 1. The molecule has 1 amide bonds. The van der Waals surface area contributed by atoms with Gasteiger partial charge in [0.25, 0.3) is 5.91 Å². The monoisotopic (exact) mass is 319 g/mol. The highest BCUT2D eigenvalue weighted by molar-refractivity contribution is 5.96. The quantitative estimate of drug-likeness (QED) is 0.523. The minimum absolute atomic E-state index is 0.256. The zero-order chi connectivity index (χ0) is 17.1. The fourth-order valence-electron chi connectivity index (χ4n) is 2.22. The van der Waals surface area contributed by atoms with E-state index in [1.807, 2.05) is 19.1 Å². The molecule has 23 heavy (non-hydrogen) atoms. The Bertz CT molecular complexity index is 482. The Morgan fingerprint density at radius 1 is 1.04 bits per heavy atom. The molecule has 1 aromatic rings. The molecule has 0 aliphatic carbocycles. The minimum atomic E-state index is -0.635. The number of hydrogen-bond acceptors (Lipinski definition) is 3. The van der Waals surface area contributed by atoms with E-state index >= 15 is 0 Å². The van der Waals surface area contributed by atoms with Crippen molar-refractivity contribution in [1.82, 2.24) is 5.32 Å². The van der Waals surface area contributed by atoms with E-state index in [0.29, 0.717) is 12.2 Å². The van der Waals surface area contributed by atoms with E-state index < -0.39 is 6.04 Å². The third kappa shape index (κ3) is 7.82. The van der Waals surface area contributed by atoms with Gasteiger partial charge in [-0.2, -0.15) is 0 Å². The summed E-state index contributed by atoms with van der Waals surface area (Å²) in [6, 6.07) is 6.61. The van der Waals surface area contributed by atoms with Crippen molar-refractivity contribution in [2.75, 3.05) is 6.61 Å². The van der Waals surface area contributed by atoms with Gasteiger partial charge in [0.05, 0.1) is 6.61 Å². The van der Waals surface area contributed by atoms with E-state index in [0.717, 1.165) is 18.4 Å². The molecule has 0 aromatic heterocycles. The molecule has 1 N–H and O–H groups in total. The Morgan fingerprint density at radius 3 is 2.30 bits per heavy atom. The standard InChI is InChI=1S/C19H29NO3/c1-4-5-6-7-8-9-14-23-19(22)16(3)20-18(21)17-12-10-15(2)11-13-17/h10-13,16H,4-9,14H2,1-3H3,(H,20,21). The van der Waals surface area contributed by atoms with Crippen molar-refractivity contribution in [2.24, 2.45) is 0 Å². The van der Waals surface area contributed by atoms with Gasteiger partial charge in [0, 0.05) is 5.56 Å². The van der Waals surface area contributed by atoms with Crippen LogP contribution in [0.3, 0.4) is 0 Å². The number of ether oxygens (including phenoxy) is 1. The van der Waals surface area contributed by atoms with Crippen molar-refractivity contribution < 1.29 is 14.3 Å². The van der Waals surface area contributed by atoms with E-state index in [1.54, 1.807) is 19.1 Å². The number of aryl methyl sites for hydroxylation is 1. The normalized spacial score (nSPS) is 11.8. The van der Waals surface area contributed by atoms with Gasteiger partial charge in [0.2, 0.25) is 0 Å². The summed E-state index contributed by atoms with van der Waals surface area (Å²) in [5.41, 5.74) is 1.64. The van der Waals surface area contributed by atoms with Crippen LogP contribution in [0.5, 0.6) is 0 Å². The molecule has 128 valence electrons. The largest absolute Gasteiger partial charge is 0.464 e. The number of unbranched alkanes of at least 4 members (excludes halogenated alkanes) is 5. The summed E-state index contributed by atoms with van der Waals surface area (Å²) < 4.78 is 5.21. The van der Waals surface area contributed by atoms with Crippen molar-refractivity contribution in [3.8, 4) is 0 Å². The molecule has 0 spiro atoms. The first-order valence-electron chi connectivity index (χ1n) is 8.58. The van der Waals surface area contributed by atoms with Crippen LogP contribution in [-0.2, 0) is 9.53 Å². The molecule has 4 nitrogen and oxygen atoms in total. The molecule has 0 aliphatic heterocycles. The summed E-state index contributed by atoms with van der Waals surface area (Å²) >= 11 is 0. The number of nitrogens with one attached hydrogen (secondary N) is 1. The van der Waals surface area contributed by atoms with Crippen LogP contribution < -0.4 is 5.32 Å². The predicted molar refractivity (Wildman–Crippen MR) is 92.4 cm³/mol. The lowest BCUT2D eigenvalue weighted by atomic mass is 10.1. The molecule has 1 rings (SSSR count). The van der Waals surface area contributed by atoms with Crippen LogP contribution >= 0.6 is 0 Å². The summed E-state index contributed by atoms with van der Waals surface area (Å²) in [5.74, 6) is -0.631. The maximum Gasteiger partial charge on any atom is 0.328 e. The van der Waals surface area contributed by atoms with Gasteiger partial charge in [-0.25, -0.2) is 4.79 Å². The average molecular weight is 319 g/mol. The fraction of sp³-hybridized carbons (Fsp3) is 0.579. The Kier molecular flexibility index (Phi) is 9.03. The molecule has 0 radical (unpaired) electrons. The summed E-state index contributed by atoms with van der Waals surface area (Å²) in [6.45, 7) is 6.23. The molecule has 4 heteroatoms. The molecule has 1 unspecified atom stereocenters. The smallest absolute Gasteiger partial charge is 0.328 e. The first-order valence-corrected chi connectivity index (χ1v) is 8.58. The SMILES string of the molecule is CCCCCCCCOC(=O)C(C)NC(=O)c1ccc(C)cc1. The second-order valence-corrected chi connectivity index (χ2v) is 6.00. The van der Waals surface area contributed by atoms with Crippen LogP contribution in [0.15, 0.2) is 24.3 Å². The van der Waals surface area contributed by atoms with Crippen LogP contribution in [0.25, 0.3) is 0 Å². The minimum Gasteiger partial charge on any atom is -0.464 e. The molecule has 1 atom stereocenters. The van der Waals surface area contributed by atoms with Crippen LogP contribution in [-0.4, -0.2) is 24.5 Å². The van der Waals surface area contributed by atoms with Gasteiger partial charge in [0.1, 0.15) is 6.04 Å². The number of amides is 1. The van der Waals surface area contributed by atoms with Gasteiger partial charge in [-0.15, -0.1) is 0 Å². The first-order chi connectivity index (χ1) is 11.0. The van der Waals surface area contributed by atoms with E-state index in [1.165, 1.54) is 25.7 Å². The van der Waals surface area contributed by atoms with Crippen molar-refractivity contribution in [3.63, 3.8) is 0 Å². The summed E-state index contributed by atoms with van der Waals surface area (Å²) in [7, 11) is 0. The van der Waals surface area contributed by atoms with Gasteiger partial charge in [-0.1, -0.05) is 56.7 Å². The molecule has 0 heterocycles. The lowest BCUT2D eigenvalue weighted by Gasteiger charge is -2.13. The van der Waals surface area contributed by atoms with E-state index in [2.05, 4.69) is 12.2 Å². The van der Waals surface area contributed by atoms with E-state index in [9.17, 15) is 9.59 Å². The maximum atomic E-state index is 12.0. The van der Waals surface area contributed by atoms with Crippen LogP contribution in [0.1, 0.15) is 68.3 Å². The number of carbonyl (C=O) groups is 2. The molecule has 0 saturated carbocycles. The molecule has 0 bridgehead atoms. The van der Waals surface area contributed by atoms with Gasteiger partial charge in [0.15, 0.2) is 0 Å². The lowest BCUT2D eigenvalue weighted by molar-refractivity contribution is -0.145. The average Bonchev–Trinajstić information content (AvgIpc) is 2.54. The van der Waals surface area contributed by atoms with E-state index in [4.69, 9.17) is 4.74 Å². The van der Waals surface area contributed by atoms with Crippen molar-refractivity contribution in [3.05, 3.63) is 35.4 Å². The van der Waals surface area contributed by atoms with Crippen LogP contribution in [0, 0.1) is 6.92 Å². The van der Waals surface area contributed by atoms with Gasteiger partial charge < -0.3 is 10.1 Å². The Morgan fingerprint density at radius 2 is 1.65 bits per heavy atom. The summed E-state index contributed by atoms with van der Waals surface area (Å²) in [6.07, 6.45) is 6.89. The molecule has 1 aromatic carbocycles. The van der Waals surface area contributed by atoms with Crippen LogP contribution in [0.4, 0.5) is 0 Å². The van der Waals surface area contributed by atoms with Gasteiger partial charge in [-0.3, -0.25) is 4.79 Å². The second kappa shape index (κ2) is 10.8. The maximum absolute atomic E-state index is 12.0. The molecule has 0 fully saturated rings.